The number of carbonyl (C=O) groups is 9. The normalized spacial score (nSPS) is 15.4. The van der Waals surface area contributed by atoms with Crippen LogP contribution in [0.15, 0.2) is 114 Å². The summed E-state index contributed by atoms with van der Waals surface area (Å²) in [4.78, 5) is 119. The lowest BCUT2D eigenvalue weighted by atomic mass is 9.79. The summed E-state index contributed by atoms with van der Waals surface area (Å²) in [5.74, 6) is -3.93. The van der Waals surface area contributed by atoms with Crippen molar-refractivity contribution >= 4 is 211 Å². The fourth-order valence-electron chi connectivity index (χ4n) is 12.9. The van der Waals surface area contributed by atoms with E-state index in [0.29, 0.717) is 85.9 Å². The summed E-state index contributed by atoms with van der Waals surface area (Å²) >= 11 is 6.65. The van der Waals surface area contributed by atoms with Gasteiger partial charge in [0.2, 0.25) is 62.2 Å². The first-order valence-electron chi connectivity index (χ1n) is 43.0. The maximum Gasteiger partial charge on any atom is 0.494 e. The van der Waals surface area contributed by atoms with Gasteiger partial charge in [0.1, 0.15) is 75.3 Å². The lowest BCUT2D eigenvalue weighted by molar-refractivity contribution is -0.126. The van der Waals surface area contributed by atoms with Crippen molar-refractivity contribution in [3.63, 3.8) is 0 Å². The molecule has 37 nitrogen and oxygen atoms in total. The van der Waals surface area contributed by atoms with E-state index < -0.39 is 103 Å². The van der Waals surface area contributed by atoms with Gasteiger partial charge in [-0.15, -0.1) is 34.0 Å². The number of anilines is 4. The van der Waals surface area contributed by atoms with Crippen LogP contribution in [0.3, 0.4) is 0 Å². The van der Waals surface area contributed by atoms with Gasteiger partial charge in [-0.05, 0) is 199 Å². The number of benzene rings is 7. The molecular formula is C90H106B2BrClF3N13O24S5. The number of thiazole rings is 3. The third kappa shape index (κ3) is 31.4. The molecule has 1 atom stereocenters. The van der Waals surface area contributed by atoms with Gasteiger partial charge in [-0.25, -0.2) is 45.0 Å². The lowest BCUT2D eigenvalue weighted by Gasteiger charge is -2.32. The molecule has 746 valence electrons. The number of sulfone groups is 1. The molecule has 2 aliphatic heterocycles. The second-order valence-electron chi connectivity index (χ2n) is 34.2. The first-order valence-corrected chi connectivity index (χ1v) is 50.9. The summed E-state index contributed by atoms with van der Waals surface area (Å²) in [5.41, 5.74) is 10.2. The molecule has 7 aromatic carbocycles. The molecule has 5 heterocycles. The Morgan fingerprint density at radius 2 is 0.799 bits per heavy atom. The number of halogens is 5. The van der Waals surface area contributed by atoms with Crippen LogP contribution in [0.2, 0.25) is 0 Å². The number of nitrogens with one attached hydrogen (secondary N) is 9. The van der Waals surface area contributed by atoms with E-state index in [1.54, 1.807) is 67.8 Å². The highest BCUT2D eigenvalue weighted by atomic mass is 79.9. The number of aliphatic hydroxyl groups is 3. The van der Waals surface area contributed by atoms with E-state index in [2.05, 4.69) is 89.4 Å². The number of aromatic nitrogens is 3. The Labute approximate surface area is 824 Å². The van der Waals surface area contributed by atoms with Crippen molar-refractivity contribution in [3.05, 3.63) is 146 Å². The third-order valence-corrected chi connectivity index (χ3v) is 27.1. The molecule has 3 aliphatic carbocycles. The maximum absolute atomic E-state index is 15.1. The van der Waals surface area contributed by atoms with E-state index in [1.807, 2.05) is 67.5 Å². The molecule has 2 saturated heterocycles. The van der Waals surface area contributed by atoms with Crippen LogP contribution >= 0.6 is 60.6 Å². The monoisotopic (exact) mass is 2110 g/mol. The third-order valence-electron chi connectivity index (χ3n) is 22.0. The van der Waals surface area contributed by atoms with Crippen LogP contribution in [-0.2, 0) is 93.5 Å². The minimum atomic E-state index is -3.98. The van der Waals surface area contributed by atoms with Crippen molar-refractivity contribution in [2.24, 2.45) is 0 Å². The molecule has 0 radical (unpaired) electrons. The summed E-state index contributed by atoms with van der Waals surface area (Å²) in [5, 5.41) is 49.4. The molecule has 14 N–H and O–H groups in total. The zero-order chi connectivity index (χ0) is 102. The molecule has 5 aliphatic rings. The SMILES string of the molecule is COc1cc(-c2cc3sc(C(C(=O)NCC(=O)NC4CC4)S(C)(=O)=O)nc3cc2F)ccc1NC(=O)CO.COc1cc(-c2cc3sc(CC(=O)NCC(=O)NC4CC4)nc3cc2F)ccc1NC(=O)CO.COc1cc(B2OC(C)(C)C(C)(C)O2)ccc1N.COc1cc(B2OC(C)(C)C(C)(C)O2)ccc1NC(=O)CO.CS(=O)(=O)Cl.O=C(Cc1nc2cc(F)c(Br)cc2s1)NCC(=O)NC1CC1. The highest BCUT2D eigenvalue weighted by molar-refractivity contribution is 9.10. The number of carbonyl (C=O) groups excluding carboxylic acids is 9. The van der Waals surface area contributed by atoms with Gasteiger partial charge < -0.3 is 106 Å². The molecule has 49 heteroatoms. The Hall–Kier alpha value is -11.3. The van der Waals surface area contributed by atoms with E-state index in [4.69, 9.17) is 58.6 Å². The summed E-state index contributed by atoms with van der Waals surface area (Å²) in [7, 11) is 2.34. The molecule has 139 heavy (non-hydrogen) atoms. The summed E-state index contributed by atoms with van der Waals surface area (Å²) in [6, 6.07) is 29.3. The first kappa shape index (κ1) is 110. The van der Waals surface area contributed by atoms with E-state index in [0.717, 1.165) is 84.1 Å². The van der Waals surface area contributed by atoms with E-state index in [-0.39, 0.29) is 126 Å². The minimum absolute atomic E-state index is 0.0138. The number of nitrogens with two attached hydrogens (primary N) is 1. The van der Waals surface area contributed by atoms with E-state index >= 15 is 4.39 Å². The van der Waals surface area contributed by atoms with Crippen molar-refractivity contribution < 1.29 is 126 Å². The van der Waals surface area contributed by atoms with Crippen LogP contribution in [0.5, 0.6) is 23.0 Å². The van der Waals surface area contributed by atoms with Crippen molar-refractivity contribution in [2.75, 3.05) is 102 Å². The van der Waals surface area contributed by atoms with Crippen LogP contribution in [-0.4, -0.2) is 235 Å². The quantitative estimate of drug-likeness (QED) is 0.0114. The van der Waals surface area contributed by atoms with Gasteiger partial charge in [0, 0.05) is 64.4 Å². The van der Waals surface area contributed by atoms with Crippen molar-refractivity contribution in [3.8, 4) is 45.3 Å². The highest BCUT2D eigenvalue weighted by Gasteiger charge is 2.53. The Balaban J connectivity index is 0.000000181. The Morgan fingerprint density at radius 3 is 1.17 bits per heavy atom. The summed E-state index contributed by atoms with van der Waals surface area (Å²) < 4.78 is 135. The van der Waals surface area contributed by atoms with Crippen LogP contribution in [0.4, 0.5) is 35.9 Å². The molecule has 3 saturated carbocycles. The Bertz CT molecular complexity index is 6410. The van der Waals surface area contributed by atoms with Gasteiger partial charge in [0.25, 0.3) is 0 Å². The molecule has 5 fully saturated rings. The van der Waals surface area contributed by atoms with E-state index in [1.165, 1.54) is 74.3 Å². The predicted octanol–water partition coefficient (Wildman–Crippen LogP) is 8.32. The lowest BCUT2D eigenvalue weighted by Crippen LogP contribution is -2.41. The summed E-state index contributed by atoms with van der Waals surface area (Å²) in [6.45, 7) is 13.6. The van der Waals surface area contributed by atoms with Gasteiger partial charge >= 0.3 is 14.2 Å². The van der Waals surface area contributed by atoms with Gasteiger partial charge in [0.15, 0.2) is 15.1 Å². The zero-order valence-corrected chi connectivity index (χ0v) is 84.4. The molecule has 9 amide bonds. The van der Waals surface area contributed by atoms with Crippen molar-refractivity contribution in [2.45, 2.75) is 153 Å². The smallest absolute Gasteiger partial charge is 0.494 e. The molecule has 3 aromatic heterocycles. The van der Waals surface area contributed by atoms with E-state index in [9.17, 15) is 68.8 Å². The van der Waals surface area contributed by atoms with Gasteiger partial charge in [0.05, 0.1) is 147 Å². The number of ether oxygens (including phenoxy) is 4. The number of aliphatic hydroxyl groups excluding tert-OH is 3. The zero-order valence-electron chi connectivity index (χ0n) is 78.0. The number of methoxy groups -OCH3 is 4. The number of amides is 9. The topological polar surface area (TPSA) is 529 Å². The molecule has 0 bridgehead atoms. The number of rotatable bonds is 30. The van der Waals surface area contributed by atoms with Crippen LogP contribution < -0.4 is 83.5 Å². The van der Waals surface area contributed by atoms with Crippen molar-refractivity contribution in [1.29, 1.82) is 0 Å². The Morgan fingerprint density at radius 1 is 0.468 bits per heavy atom. The second-order valence-corrected chi connectivity index (χ2v) is 43.6. The highest BCUT2D eigenvalue weighted by Crippen LogP contribution is 2.43. The number of hydrogen-bond donors (Lipinski definition) is 13. The molecule has 15 rings (SSSR count). The van der Waals surface area contributed by atoms with Crippen molar-refractivity contribution in [1.82, 2.24) is 46.9 Å². The first-order chi connectivity index (χ1) is 65.3. The molecular weight excluding hydrogens is 2000 g/mol. The van der Waals surface area contributed by atoms with Gasteiger partial charge in [-0.1, -0.05) is 24.3 Å². The fourth-order valence-corrected chi connectivity index (χ4v) is 17.9. The average Bonchev–Trinajstić information content (AvgIpc) is 1.66. The predicted molar refractivity (Wildman–Crippen MR) is 528 cm³/mol. The largest absolute Gasteiger partial charge is 0.495 e. The average molecular weight is 2110 g/mol. The number of hydrogen-bond acceptors (Lipinski definition) is 31. The van der Waals surface area contributed by atoms with Crippen LogP contribution in [0.1, 0.15) is 114 Å². The number of nitrogen functional groups attached to an aromatic ring is 1. The van der Waals surface area contributed by atoms with Gasteiger partial charge in [-0.2, -0.15) is 0 Å². The standard InChI is InChI=1S/C24H25FN4O7S2.C23H23FN4O5S.C15H22BNO5.C14H13BrFN3O2S.C13H20BNO3.CH3ClO2S/c1-36-18-7-12(3-6-16(18)28-21(32)11-30)14-8-19-17(9-15(14)25)29-24(37-19)22(38(2,34)35)23(33)26-10-20(31)27-13-4-5-13;1-33-18-6-12(2-5-16(18)27-22(32)11-29)14-7-19-17(8-15(14)24)28-23(34-19)9-20(30)25-10-21(31)26-13-3-4-13;1-14(2)15(3,4)22-16(21-14)10-6-7-11(12(8-10)20-5)17-13(19)9-18;15-8-3-11-10(4-9(8)16)19-14(22-11)5-12(20)17-6-13(21)18-7-1-2-7;1-12(2)13(3,4)18-14(17-12)9-6-7-10(15)11(8-9)16-5;1-5(2,3)4/h3,6-9,13,22,30H,4-5,10-11H2,1-2H3,(H,26,33)(H,27,31)(H,28,32);2,5-8,13,29H,3-4,9-11H2,1H3,(H,25,30)(H,26,31)(H,27,32);6-8,18H,9H2,1-5H3,(H,17,19);3-4,7H,1-2,5-6H2,(H,17,20)(H,18,21);6-8H,15H2,1-5H3;1H3. The maximum atomic E-state index is 15.1. The van der Waals surface area contributed by atoms with Gasteiger partial charge in [-0.3, -0.25) is 43.2 Å². The van der Waals surface area contributed by atoms with Crippen LogP contribution in [0, 0.1) is 17.5 Å². The molecule has 1 unspecified atom stereocenters. The number of nitrogens with zero attached hydrogens (tertiary/aromatic N) is 3. The Kier molecular flexibility index (Phi) is 37.4. The second kappa shape index (κ2) is 47.3. The molecule has 10 aromatic rings. The number of fused-ring (bicyclic) bond motifs is 3. The molecule has 0 spiro atoms. The summed E-state index contributed by atoms with van der Waals surface area (Å²) in [6.07, 6.45) is 7.59. The minimum Gasteiger partial charge on any atom is -0.495 e. The fraction of sp³-hybridized carbons (Fsp3) is 0.400. The van der Waals surface area contributed by atoms with Crippen LogP contribution in [0.25, 0.3) is 52.9 Å².